The summed E-state index contributed by atoms with van der Waals surface area (Å²) in [4.78, 5) is 21.8. The Morgan fingerprint density at radius 2 is 1.70 bits per heavy atom. The van der Waals surface area contributed by atoms with Crippen LogP contribution in [0.5, 0.6) is 5.75 Å². The molecule has 0 saturated heterocycles. The number of hydrogen-bond donors (Lipinski definition) is 2. The van der Waals surface area contributed by atoms with Crippen LogP contribution in [0.25, 0.3) is 0 Å². The predicted molar refractivity (Wildman–Crippen MR) is 101 cm³/mol. The number of carbonyl (C=O) groups is 2. The lowest BCUT2D eigenvalue weighted by molar-refractivity contribution is -0.149. The minimum atomic E-state index is -0.967. The number of amides is 1. The van der Waals surface area contributed by atoms with Crippen LogP contribution in [0.3, 0.4) is 0 Å². The lowest BCUT2D eigenvalue weighted by Crippen LogP contribution is -2.26. The molecule has 0 aliphatic rings. The van der Waals surface area contributed by atoms with Crippen molar-refractivity contribution in [2.45, 2.75) is 25.9 Å². The molecule has 1 atom stereocenters. The van der Waals surface area contributed by atoms with Crippen LogP contribution in [0.4, 0.5) is 10.5 Å². The molecular formula is C20H24NO6+. The molecule has 0 heterocycles. The monoisotopic (exact) mass is 374 g/mol. The maximum atomic E-state index is 11.1. The molecule has 0 spiro atoms. The molecule has 7 heteroatoms. The molecule has 0 aliphatic carbocycles. The van der Waals surface area contributed by atoms with Crippen LogP contribution >= 0.6 is 0 Å². The Kier molecular flexibility index (Phi) is 7.63. The topological polar surface area (TPSA) is 108 Å². The molecule has 4 N–H and O–H groups in total. The second kappa shape index (κ2) is 10.2. The first kappa shape index (κ1) is 20.3. The number of rotatable bonds is 10. The number of carbonyl (C=O) groups excluding carboxylic acids is 1. The largest absolute Gasteiger partial charge is 0.630 e. The fraction of sp³-hybridized carbons (Fsp3) is 0.300. The van der Waals surface area contributed by atoms with E-state index in [0.29, 0.717) is 37.5 Å². The van der Waals surface area contributed by atoms with Crippen molar-refractivity contribution in [3.63, 3.8) is 0 Å². The quantitative estimate of drug-likeness (QED) is 0.622. The van der Waals surface area contributed by atoms with Gasteiger partial charge in [-0.3, -0.25) is 0 Å². The zero-order valence-corrected chi connectivity index (χ0v) is 15.1. The molecule has 0 fully saturated rings. The second-order valence-electron chi connectivity index (χ2n) is 5.88. The Bertz CT molecular complexity index is 742. The van der Waals surface area contributed by atoms with Gasteiger partial charge in [0.15, 0.2) is 6.10 Å². The molecule has 1 unspecified atom stereocenters. The molecule has 2 rings (SSSR count). The highest BCUT2D eigenvalue weighted by Crippen LogP contribution is 2.16. The maximum Gasteiger partial charge on any atom is 0.630 e. The Labute approximate surface area is 157 Å². The average Bonchev–Trinajstić information content (AvgIpc) is 2.63. The van der Waals surface area contributed by atoms with Gasteiger partial charge in [0.25, 0.3) is 0 Å². The van der Waals surface area contributed by atoms with Crippen molar-refractivity contribution in [1.82, 2.24) is 0 Å². The average molecular weight is 374 g/mol. The van der Waals surface area contributed by atoms with Gasteiger partial charge in [-0.1, -0.05) is 24.3 Å². The van der Waals surface area contributed by atoms with Crippen LogP contribution in [-0.4, -0.2) is 41.6 Å². The first-order valence-corrected chi connectivity index (χ1v) is 8.65. The van der Waals surface area contributed by atoms with Gasteiger partial charge in [-0.25, -0.2) is 10.1 Å². The smallest absolute Gasteiger partial charge is 0.547 e. The van der Waals surface area contributed by atoms with Gasteiger partial charge in [-0.05, 0) is 42.3 Å². The number of ether oxygens (including phenoxy) is 2. The van der Waals surface area contributed by atoms with Crippen molar-refractivity contribution in [3.8, 4) is 5.75 Å². The van der Waals surface area contributed by atoms with E-state index in [9.17, 15) is 9.59 Å². The number of carboxylic acids is 1. The van der Waals surface area contributed by atoms with Crippen molar-refractivity contribution < 1.29 is 29.3 Å². The summed E-state index contributed by atoms with van der Waals surface area (Å²) >= 11 is 0. The zero-order valence-electron chi connectivity index (χ0n) is 15.1. The minimum absolute atomic E-state index is 0.310. The van der Waals surface area contributed by atoms with Gasteiger partial charge in [0.05, 0.1) is 11.4 Å². The van der Waals surface area contributed by atoms with Gasteiger partial charge in [0.1, 0.15) is 5.75 Å². The second-order valence-corrected chi connectivity index (χ2v) is 5.88. The summed E-state index contributed by atoms with van der Waals surface area (Å²) in [5.74, 6) is -0.259. The van der Waals surface area contributed by atoms with E-state index in [0.717, 1.165) is 11.1 Å². The Balaban J connectivity index is 1.81. The summed E-state index contributed by atoms with van der Waals surface area (Å²) in [7, 11) is 0. The summed E-state index contributed by atoms with van der Waals surface area (Å²) in [6.07, 6.45) is -0.678. The molecule has 0 aromatic heterocycles. The summed E-state index contributed by atoms with van der Waals surface area (Å²) in [6, 6.07) is 14.5. The number of benzene rings is 2. The van der Waals surface area contributed by atoms with Crippen LogP contribution in [0.1, 0.15) is 18.1 Å². The van der Waals surface area contributed by atoms with Crippen molar-refractivity contribution in [2.75, 3.05) is 18.5 Å². The third-order valence-electron chi connectivity index (χ3n) is 3.86. The van der Waals surface area contributed by atoms with Crippen molar-refractivity contribution in [3.05, 3.63) is 59.7 Å². The third-order valence-corrected chi connectivity index (χ3v) is 3.86. The highest BCUT2D eigenvalue weighted by atomic mass is 16.5. The molecule has 0 saturated carbocycles. The Morgan fingerprint density at radius 1 is 1.07 bits per heavy atom. The van der Waals surface area contributed by atoms with E-state index in [-0.39, 0.29) is 0 Å². The normalized spacial score (nSPS) is 11.6. The highest BCUT2D eigenvalue weighted by Gasteiger charge is 2.17. The van der Waals surface area contributed by atoms with Crippen LogP contribution in [-0.2, 0) is 22.4 Å². The lowest BCUT2D eigenvalue weighted by atomic mass is 10.1. The summed E-state index contributed by atoms with van der Waals surface area (Å²) in [5, 5.41) is 18.4. The summed E-state index contributed by atoms with van der Waals surface area (Å²) < 4.78 is 10.9. The number of aliphatic carboxylic acids is 1. The summed E-state index contributed by atoms with van der Waals surface area (Å²) in [6.45, 7) is 2.61. The SMILES string of the molecule is CCOC(Cc1ccc(OCCc2ccc(NC(=O)[OH2+])cc2)cc1)C(=O)O. The fourth-order valence-corrected chi connectivity index (χ4v) is 2.53. The molecule has 7 nitrogen and oxygen atoms in total. The van der Waals surface area contributed by atoms with Gasteiger partial charge in [0, 0.05) is 25.1 Å². The molecule has 27 heavy (non-hydrogen) atoms. The van der Waals surface area contributed by atoms with Gasteiger partial charge in [0.2, 0.25) is 0 Å². The van der Waals surface area contributed by atoms with E-state index < -0.39 is 18.2 Å². The molecule has 144 valence electrons. The molecule has 2 aromatic carbocycles. The number of carboxylic acid groups (broad SMARTS) is 1. The van der Waals surface area contributed by atoms with E-state index in [1.54, 1.807) is 19.1 Å². The standard InChI is InChI=1S/C20H23NO6/c1-2-26-18(19(22)23)13-15-5-9-17(10-6-15)27-12-11-14-3-7-16(8-4-14)21-20(24)25/h3-10,18,21H,2,11-13H2,1H3,(H,22,23)(H,24,25)/p+1. The molecule has 0 bridgehead atoms. The number of anilines is 1. The van der Waals surface area contributed by atoms with Gasteiger partial charge in [-0.15, -0.1) is 0 Å². The van der Waals surface area contributed by atoms with Crippen LogP contribution in [0.2, 0.25) is 0 Å². The van der Waals surface area contributed by atoms with E-state index in [1.807, 2.05) is 36.4 Å². The third kappa shape index (κ3) is 6.99. The zero-order chi connectivity index (χ0) is 19.6. The van der Waals surface area contributed by atoms with Crippen molar-refractivity contribution in [1.29, 1.82) is 0 Å². The Hall–Kier alpha value is -3.06. The van der Waals surface area contributed by atoms with Gasteiger partial charge < -0.3 is 19.7 Å². The molecule has 0 aliphatic heterocycles. The molecule has 2 aromatic rings. The van der Waals surface area contributed by atoms with E-state index >= 15 is 0 Å². The van der Waals surface area contributed by atoms with Crippen LogP contribution < -0.4 is 10.1 Å². The Morgan fingerprint density at radius 3 is 2.26 bits per heavy atom. The predicted octanol–water partition coefficient (Wildman–Crippen LogP) is 2.60. The van der Waals surface area contributed by atoms with Crippen molar-refractivity contribution >= 4 is 17.7 Å². The fourth-order valence-electron chi connectivity index (χ4n) is 2.53. The minimum Gasteiger partial charge on any atom is -0.547 e. The number of nitrogens with one attached hydrogen (secondary N) is 1. The van der Waals surface area contributed by atoms with Crippen LogP contribution in [0.15, 0.2) is 48.5 Å². The first-order chi connectivity index (χ1) is 13.0. The lowest BCUT2D eigenvalue weighted by Gasteiger charge is -2.13. The van der Waals surface area contributed by atoms with Crippen LogP contribution in [0, 0.1) is 0 Å². The van der Waals surface area contributed by atoms with Gasteiger partial charge >= 0.3 is 12.1 Å². The molecule has 1 amide bonds. The molecule has 0 radical (unpaired) electrons. The van der Waals surface area contributed by atoms with Gasteiger partial charge in [-0.2, -0.15) is 0 Å². The molecular weight excluding hydrogens is 350 g/mol. The highest BCUT2D eigenvalue weighted by molar-refractivity contribution is 5.82. The van der Waals surface area contributed by atoms with Crippen molar-refractivity contribution in [2.24, 2.45) is 0 Å². The number of hydrogen-bond acceptors (Lipinski definition) is 4. The maximum absolute atomic E-state index is 11.1. The van der Waals surface area contributed by atoms with E-state index in [2.05, 4.69) is 5.32 Å². The first-order valence-electron chi connectivity index (χ1n) is 8.65. The van der Waals surface area contributed by atoms with E-state index in [1.165, 1.54) is 0 Å². The summed E-state index contributed by atoms with van der Waals surface area (Å²) in [5.41, 5.74) is 2.51. The van der Waals surface area contributed by atoms with E-state index in [4.69, 9.17) is 19.7 Å².